The predicted octanol–water partition coefficient (Wildman–Crippen LogP) is 1.73. The summed E-state index contributed by atoms with van der Waals surface area (Å²) in [4.78, 5) is 27.9. The highest BCUT2D eigenvalue weighted by Crippen LogP contribution is 2.33. The molecule has 1 saturated heterocycles. The van der Waals surface area contributed by atoms with E-state index in [1.165, 1.54) is 4.90 Å². The molecule has 0 bridgehead atoms. The van der Waals surface area contributed by atoms with E-state index in [-0.39, 0.29) is 25.0 Å². The van der Waals surface area contributed by atoms with Gasteiger partial charge in [0, 0.05) is 18.3 Å². The van der Waals surface area contributed by atoms with Crippen molar-refractivity contribution in [2.45, 2.75) is 58.0 Å². The number of anilines is 1. The number of benzene rings is 1. The Bertz CT molecular complexity index is 893. The smallest absolute Gasteiger partial charge is 0.247 e. The SMILES string of the molecule is Cc1ccc(N2C(=O)CN(S(C)(=O)=O)CC2(C)C(=O)NC2CCCC2)c(C)c1. The molecule has 0 aromatic heterocycles. The van der Waals surface area contributed by atoms with Gasteiger partial charge in [-0.25, -0.2) is 8.42 Å². The molecule has 1 atom stereocenters. The quantitative estimate of drug-likeness (QED) is 0.824. The number of aryl methyl sites for hydroxylation is 2. The minimum absolute atomic E-state index is 0.0660. The van der Waals surface area contributed by atoms with E-state index in [0.29, 0.717) is 5.69 Å². The Labute approximate surface area is 167 Å². The van der Waals surface area contributed by atoms with E-state index in [1.807, 2.05) is 32.0 Å². The third-order valence-corrected chi connectivity index (χ3v) is 6.98. The van der Waals surface area contributed by atoms with Crippen LogP contribution >= 0.6 is 0 Å². The molecule has 1 heterocycles. The first-order valence-electron chi connectivity index (χ1n) is 9.69. The van der Waals surface area contributed by atoms with E-state index >= 15 is 0 Å². The van der Waals surface area contributed by atoms with Gasteiger partial charge in [0.05, 0.1) is 12.8 Å². The van der Waals surface area contributed by atoms with Crippen LogP contribution in [0.3, 0.4) is 0 Å². The molecule has 0 spiro atoms. The molecule has 154 valence electrons. The molecular formula is C20H29N3O4S. The van der Waals surface area contributed by atoms with E-state index in [9.17, 15) is 18.0 Å². The van der Waals surface area contributed by atoms with Gasteiger partial charge in [-0.2, -0.15) is 4.31 Å². The Balaban J connectivity index is 2.03. The normalized spacial score (nSPS) is 24.6. The lowest BCUT2D eigenvalue weighted by atomic mass is 9.93. The molecule has 8 heteroatoms. The lowest BCUT2D eigenvalue weighted by Crippen LogP contribution is -2.70. The fraction of sp³-hybridized carbons (Fsp3) is 0.600. The van der Waals surface area contributed by atoms with Crippen LogP contribution in [-0.2, 0) is 19.6 Å². The van der Waals surface area contributed by atoms with Gasteiger partial charge in [0.15, 0.2) is 0 Å². The van der Waals surface area contributed by atoms with Gasteiger partial charge in [0.2, 0.25) is 21.8 Å². The molecule has 2 fully saturated rings. The zero-order valence-electron chi connectivity index (χ0n) is 17.0. The number of sulfonamides is 1. The lowest BCUT2D eigenvalue weighted by Gasteiger charge is -2.47. The maximum Gasteiger partial charge on any atom is 0.247 e. The summed E-state index contributed by atoms with van der Waals surface area (Å²) in [6.07, 6.45) is 5.03. The van der Waals surface area contributed by atoms with Gasteiger partial charge in [0.1, 0.15) is 5.54 Å². The van der Waals surface area contributed by atoms with E-state index < -0.39 is 21.5 Å². The average Bonchev–Trinajstić information content (AvgIpc) is 3.08. The van der Waals surface area contributed by atoms with Crippen molar-refractivity contribution in [2.24, 2.45) is 0 Å². The Hall–Kier alpha value is -1.93. The molecular weight excluding hydrogens is 378 g/mol. The van der Waals surface area contributed by atoms with Crippen LogP contribution in [0.4, 0.5) is 5.69 Å². The molecule has 7 nitrogen and oxygen atoms in total. The number of carbonyl (C=O) groups is 2. The lowest BCUT2D eigenvalue weighted by molar-refractivity contribution is -0.133. The van der Waals surface area contributed by atoms with Crippen molar-refractivity contribution in [1.29, 1.82) is 0 Å². The molecule has 2 amide bonds. The number of hydrogen-bond acceptors (Lipinski definition) is 4. The zero-order chi connectivity index (χ0) is 20.7. The van der Waals surface area contributed by atoms with Gasteiger partial charge in [-0.3, -0.25) is 14.5 Å². The summed E-state index contributed by atoms with van der Waals surface area (Å²) in [6.45, 7) is 5.19. The standard InChI is InChI=1S/C20H29N3O4S/c1-14-9-10-17(15(2)11-14)23-18(24)12-22(28(4,26)27)13-20(23,3)19(25)21-16-7-5-6-8-16/h9-11,16H,5-8,12-13H2,1-4H3,(H,21,25). The molecule has 1 unspecified atom stereocenters. The summed E-state index contributed by atoms with van der Waals surface area (Å²) in [5.74, 6) is -0.700. The number of piperazine rings is 1. The van der Waals surface area contributed by atoms with Gasteiger partial charge in [0.25, 0.3) is 0 Å². The maximum atomic E-state index is 13.3. The van der Waals surface area contributed by atoms with Gasteiger partial charge in [-0.15, -0.1) is 0 Å². The summed E-state index contributed by atoms with van der Waals surface area (Å²) >= 11 is 0. The molecule has 3 rings (SSSR count). The average molecular weight is 408 g/mol. The van der Waals surface area contributed by atoms with Crippen LogP contribution in [0.25, 0.3) is 0 Å². The second-order valence-electron chi connectivity index (χ2n) is 8.28. The van der Waals surface area contributed by atoms with E-state index in [4.69, 9.17) is 0 Å². The van der Waals surface area contributed by atoms with Gasteiger partial charge in [-0.05, 0) is 45.2 Å². The van der Waals surface area contributed by atoms with Gasteiger partial charge < -0.3 is 5.32 Å². The first-order chi connectivity index (χ1) is 13.0. The van der Waals surface area contributed by atoms with Crippen molar-refractivity contribution in [3.63, 3.8) is 0 Å². The van der Waals surface area contributed by atoms with Crippen molar-refractivity contribution in [1.82, 2.24) is 9.62 Å². The third kappa shape index (κ3) is 3.93. The van der Waals surface area contributed by atoms with Crippen molar-refractivity contribution in [2.75, 3.05) is 24.2 Å². The van der Waals surface area contributed by atoms with Gasteiger partial charge in [-0.1, -0.05) is 30.5 Å². The summed E-state index contributed by atoms with van der Waals surface area (Å²) in [7, 11) is -3.61. The number of carbonyl (C=O) groups excluding carboxylic acids is 2. The van der Waals surface area contributed by atoms with Crippen molar-refractivity contribution >= 4 is 27.5 Å². The van der Waals surface area contributed by atoms with E-state index in [2.05, 4.69) is 5.32 Å². The van der Waals surface area contributed by atoms with E-state index in [0.717, 1.165) is 47.4 Å². The minimum atomic E-state index is -3.61. The van der Waals surface area contributed by atoms with Crippen molar-refractivity contribution in [3.05, 3.63) is 29.3 Å². The molecule has 1 aromatic carbocycles. The summed E-state index contributed by atoms with van der Waals surface area (Å²) in [6, 6.07) is 5.77. The second-order valence-corrected chi connectivity index (χ2v) is 10.3. The van der Waals surface area contributed by atoms with Gasteiger partial charge >= 0.3 is 0 Å². The molecule has 1 N–H and O–H groups in total. The van der Waals surface area contributed by atoms with Crippen LogP contribution in [0.5, 0.6) is 0 Å². The third-order valence-electron chi connectivity index (χ3n) is 5.78. The number of rotatable bonds is 4. The number of hydrogen-bond donors (Lipinski definition) is 1. The Morgan fingerprint density at radius 2 is 1.86 bits per heavy atom. The van der Waals surface area contributed by atoms with Crippen LogP contribution in [0.2, 0.25) is 0 Å². The largest absolute Gasteiger partial charge is 0.351 e. The molecule has 1 aliphatic heterocycles. The monoisotopic (exact) mass is 407 g/mol. The van der Waals surface area contributed by atoms with Crippen LogP contribution < -0.4 is 10.2 Å². The highest BCUT2D eigenvalue weighted by Gasteiger charge is 2.51. The molecule has 1 saturated carbocycles. The second kappa shape index (κ2) is 7.48. The first kappa shape index (κ1) is 20.8. The molecule has 0 radical (unpaired) electrons. The van der Waals surface area contributed by atoms with Crippen LogP contribution in [0.15, 0.2) is 18.2 Å². The topological polar surface area (TPSA) is 86.8 Å². The van der Waals surface area contributed by atoms with Crippen molar-refractivity contribution in [3.8, 4) is 0 Å². The number of nitrogens with zero attached hydrogens (tertiary/aromatic N) is 2. The fourth-order valence-electron chi connectivity index (χ4n) is 4.24. The number of amides is 2. The van der Waals surface area contributed by atoms with Crippen LogP contribution in [-0.4, -0.2) is 55.5 Å². The summed E-state index contributed by atoms with van der Waals surface area (Å²) < 4.78 is 25.4. The van der Waals surface area contributed by atoms with E-state index in [1.54, 1.807) is 6.92 Å². The molecule has 28 heavy (non-hydrogen) atoms. The summed E-state index contributed by atoms with van der Waals surface area (Å²) in [5.41, 5.74) is 1.26. The number of nitrogens with one attached hydrogen (secondary N) is 1. The highest BCUT2D eigenvalue weighted by atomic mass is 32.2. The maximum absolute atomic E-state index is 13.3. The van der Waals surface area contributed by atoms with Crippen molar-refractivity contribution < 1.29 is 18.0 Å². The predicted molar refractivity (Wildman–Crippen MR) is 109 cm³/mol. The van der Waals surface area contributed by atoms with Crippen LogP contribution in [0.1, 0.15) is 43.7 Å². The fourth-order valence-corrected chi connectivity index (χ4v) is 5.07. The van der Waals surface area contributed by atoms with Crippen LogP contribution in [0, 0.1) is 13.8 Å². The minimum Gasteiger partial charge on any atom is -0.351 e. The zero-order valence-corrected chi connectivity index (χ0v) is 17.8. The highest BCUT2D eigenvalue weighted by molar-refractivity contribution is 7.88. The summed E-state index contributed by atoms with van der Waals surface area (Å²) in [5, 5.41) is 3.06. The molecule has 1 aliphatic carbocycles. The Morgan fingerprint density at radius 1 is 1.21 bits per heavy atom. The Kier molecular flexibility index (Phi) is 5.55. The molecule has 1 aromatic rings. The molecule has 2 aliphatic rings. The first-order valence-corrected chi connectivity index (χ1v) is 11.5. The Morgan fingerprint density at radius 3 is 2.43 bits per heavy atom.